The molecule has 0 bridgehead atoms. The van der Waals surface area contributed by atoms with Crippen LogP contribution in [0.5, 0.6) is 0 Å². The molecular weight excluding hydrogens is 418 g/mol. The number of hydrogen-bond acceptors (Lipinski definition) is 5. The zero-order chi connectivity index (χ0) is 26.5. The third-order valence-electron chi connectivity index (χ3n) is 5.36. The lowest BCUT2D eigenvalue weighted by Gasteiger charge is -2.28. The highest BCUT2D eigenvalue weighted by atomic mass is 16.4. The fourth-order valence-corrected chi connectivity index (χ4v) is 3.74. The van der Waals surface area contributed by atoms with Gasteiger partial charge in [-0.15, -0.1) is 0 Å². The zero-order valence-electron chi connectivity index (χ0n) is 22.3. The monoisotopic (exact) mass is 467 g/mol. The normalized spacial score (nSPS) is 15.4. The Labute approximate surface area is 201 Å². The number of ketones is 1. The van der Waals surface area contributed by atoms with Crippen LogP contribution in [0.1, 0.15) is 81.6 Å². The summed E-state index contributed by atoms with van der Waals surface area (Å²) in [6.07, 6.45) is 3.02. The van der Waals surface area contributed by atoms with Gasteiger partial charge in [-0.05, 0) is 43.9 Å². The van der Waals surface area contributed by atoms with Gasteiger partial charge in [0.25, 0.3) is 0 Å². The Hall–Kier alpha value is -2.15. The predicted octanol–water partition coefficient (Wildman–Crippen LogP) is 4.27. The Morgan fingerprint density at radius 2 is 1.45 bits per heavy atom. The second kappa shape index (κ2) is 16.5. The maximum Gasteiger partial charge on any atom is 0.325 e. The summed E-state index contributed by atoms with van der Waals surface area (Å²) in [4.78, 5) is 37.5. The van der Waals surface area contributed by atoms with E-state index in [1.165, 1.54) is 13.1 Å². The van der Waals surface area contributed by atoms with Crippen LogP contribution in [0.15, 0.2) is 23.9 Å². The molecule has 0 saturated carbocycles. The van der Waals surface area contributed by atoms with Gasteiger partial charge in [-0.25, -0.2) is 0 Å². The van der Waals surface area contributed by atoms with Crippen LogP contribution < -0.4 is 16.8 Å². The van der Waals surface area contributed by atoms with Crippen molar-refractivity contribution in [1.29, 1.82) is 0 Å². The third-order valence-corrected chi connectivity index (χ3v) is 5.36. The number of carboxylic acids is 1. The van der Waals surface area contributed by atoms with Gasteiger partial charge >= 0.3 is 5.97 Å². The van der Waals surface area contributed by atoms with Crippen LogP contribution in [0.3, 0.4) is 0 Å². The minimum absolute atomic E-state index is 0.201. The minimum Gasteiger partial charge on any atom is -0.480 e. The summed E-state index contributed by atoms with van der Waals surface area (Å²) in [5, 5.41) is 11.6. The maximum atomic E-state index is 13.5. The minimum atomic E-state index is -1.14. The van der Waals surface area contributed by atoms with Gasteiger partial charge in [-0.3, -0.25) is 14.4 Å². The Balaban J connectivity index is 0. The summed E-state index contributed by atoms with van der Waals surface area (Å²) in [6, 6.07) is -1.27. The first kappa shape index (κ1) is 33.0. The lowest BCUT2D eigenvalue weighted by atomic mass is 9.77. The molecular formula is C26H49N3O4. The molecule has 0 rings (SSSR count). The number of carbonyl (C=O) groups excluding carboxylic acids is 2. The van der Waals surface area contributed by atoms with Crippen molar-refractivity contribution in [2.75, 3.05) is 0 Å². The van der Waals surface area contributed by atoms with E-state index in [0.717, 1.165) is 12.0 Å². The lowest BCUT2D eigenvalue weighted by molar-refractivity contribution is -0.142. The van der Waals surface area contributed by atoms with E-state index in [0.29, 0.717) is 18.8 Å². The Kier molecular flexibility index (Phi) is 16.5. The van der Waals surface area contributed by atoms with Crippen molar-refractivity contribution in [1.82, 2.24) is 5.32 Å². The van der Waals surface area contributed by atoms with Crippen molar-refractivity contribution in [3.05, 3.63) is 23.9 Å². The Morgan fingerprint density at radius 3 is 1.82 bits per heavy atom. The van der Waals surface area contributed by atoms with Crippen molar-refractivity contribution in [3.63, 3.8) is 0 Å². The second-order valence-corrected chi connectivity index (χ2v) is 9.70. The smallest absolute Gasteiger partial charge is 0.325 e. The van der Waals surface area contributed by atoms with Crippen LogP contribution in [0, 0.1) is 29.6 Å². The molecule has 0 unspecified atom stereocenters. The van der Waals surface area contributed by atoms with Gasteiger partial charge in [0.2, 0.25) is 5.91 Å². The van der Waals surface area contributed by atoms with E-state index in [1.807, 2.05) is 27.7 Å². The van der Waals surface area contributed by atoms with E-state index >= 15 is 0 Å². The van der Waals surface area contributed by atoms with Crippen molar-refractivity contribution < 1.29 is 19.5 Å². The van der Waals surface area contributed by atoms with Gasteiger partial charge in [0.1, 0.15) is 6.04 Å². The van der Waals surface area contributed by atoms with Crippen molar-refractivity contribution in [2.45, 2.75) is 93.7 Å². The molecule has 0 spiro atoms. The third kappa shape index (κ3) is 12.0. The van der Waals surface area contributed by atoms with Crippen LogP contribution in [0.4, 0.5) is 0 Å². The molecule has 0 radical (unpaired) electrons. The summed E-state index contributed by atoms with van der Waals surface area (Å²) in [6.45, 7) is 21.4. The van der Waals surface area contributed by atoms with E-state index in [4.69, 9.17) is 16.6 Å². The SMILES string of the molecule is C=C(C[C@@H](CC(C)C)C(=O)/C(=C\N)[C@H](C(=O)N[C@@H](C)C(=O)O)C(C)C)[C@@H](N)CC(C)C.CC. The highest BCUT2D eigenvalue weighted by molar-refractivity contribution is 6.03. The fourth-order valence-electron chi connectivity index (χ4n) is 3.74. The second-order valence-electron chi connectivity index (χ2n) is 9.70. The standard InChI is InChI=1S/C24H43N3O4.C2H6/c1-13(2)9-18(11-16(7)20(26)10-14(3)4)22(28)19(12-25)21(15(5)6)23(29)27-17(8)24(30)31;1-2/h12-15,17-18,20-21H,7,9-11,25-26H2,1-6,8H3,(H,27,29)(H,30,31);1-2H3/b19-12-;/t17-,18+,20-,21+;/m0./s1. The van der Waals surface area contributed by atoms with E-state index in [9.17, 15) is 14.4 Å². The average Bonchev–Trinajstić information content (AvgIpc) is 2.70. The van der Waals surface area contributed by atoms with Gasteiger partial charge in [-0.1, -0.05) is 67.5 Å². The van der Waals surface area contributed by atoms with Gasteiger partial charge in [0, 0.05) is 23.7 Å². The summed E-state index contributed by atoms with van der Waals surface area (Å²) < 4.78 is 0. The molecule has 7 nitrogen and oxygen atoms in total. The first-order valence-corrected chi connectivity index (χ1v) is 12.1. The topological polar surface area (TPSA) is 136 Å². The summed E-state index contributed by atoms with van der Waals surface area (Å²) in [5.74, 6) is -2.69. The molecule has 0 saturated heterocycles. The first-order chi connectivity index (χ1) is 15.2. The number of rotatable bonds is 14. The summed E-state index contributed by atoms with van der Waals surface area (Å²) >= 11 is 0. The fraction of sp³-hybridized carbons (Fsp3) is 0.731. The van der Waals surface area contributed by atoms with Crippen molar-refractivity contribution >= 4 is 17.7 Å². The molecule has 0 aromatic rings. The molecule has 1 amide bonds. The van der Waals surface area contributed by atoms with E-state index in [2.05, 4.69) is 25.7 Å². The van der Waals surface area contributed by atoms with Gasteiger partial charge in [0.05, 0.1) is 5.92 Å². The zero-order valence-corrected chi connectivity index (χ0v) is 22.3. The van der Waals surface area contributed by atoms with Gasteiger partial charge in [0.15, 0.2) is 5.78 Å². The molecule has 0 aliphatic rings. The molecule has 0 aliphatic heterocycles. The van der Waals surface area contributed by atoms with Gasteiger partial charge < -0.3 is 21.9 Å². The van der Waals surface area contributed by atoms with Crippen molar-refractivity contribution in [2.24, 2.45) is 41.1 Å². The molecule has 0 fully saturated rings. The van der Waals surface area contributed by atoms with E-state index in [-0.39, 0.29) is 29.2 Å². The number of amides is 1. The molecule has 0 aromatic carbocycles. The number of aliphatic carboxylic acids is 1. The summed E-state index contributed by atoms with van der Waals surface area (Å²) in [5.41, 5.74) is 13.1. The average molecular weight is 468 g/mol. The van der Waals surface area contributed by atoms with Crippen LogP contribution >= 0.6 is 0 Å². The molecule has 6 N–H and O–H groups in total. The number of Topliss-reactive ketones (excluding diaryl/α,β-unsaturated/α-hetero) is 1. The predicted molar refractivity (Wildman–Crippen MR) is 136 cm³/mol. The largest absolute Gasteiger partial charge is 0.480 e. The first-order valence-electron chi connectivity index (χ1n) is 12.1. The van der Waals surface area contributed by atoms with Gasteiger partial charge in [-0.2, -0.15) is 0 Å². The molecule has 0 aromatic heterocycles. The van der Waals surface area contributed by atoms with E-state index < -0.39 is 29.8 Å². The molecule has 7 heteroatoms. The number of nitrogens with two attached hydrogens (primary N) is 2. The number of carboxylic acid groups (broad SMARTS) is 1. The molecule has 192 valence electrons. The molecule has 0 aliphatic carbocycles. The number of hydrogen-bond donors (Lipinski definition) is 4. The quantitative estimate of drug-likeness (QED) is 0.222. The number of nitrogens with one attached hydrogen (secondary N) is 1. The van der Waals surface area contributed by atoms with Crippen molar-refractivity contribution in [3.8, 4) is 0 Å². The van der Waals surface area contributed by atoms with E-state index in [1.54, 1.807) is 13.8 Å². The molecule has 4 atom stereocenters. The lowest BCUT2D eigenvalue weighted by Crippen LogP contribution is -2.45. The molecule has 33 heavy (non-hydrogen) atoms. The number of carbonyl (C=O) groups is 3. The highest BCUT2D eigenvalue weighted by Gasteiger charge is 2.35. The van der Waals surface area contributed by atoms with Crippen LogP contribution in [-0.2, 0) is 14.4 Å². The van der Waals surface area contributed by atoms with Crippen LogP contribution in [0.25, 0.3) is 0 Å². The Bertz CT molecular complexity index is 668. The van der Waals surface area contributed by atoms with Crippen LogP contribution in [-0.4, -0.2) is 34.8 Å². The molecule has 0 heterocycles. The summed E-state index contributed by atoms with van der Waals surface area (Å²) in [7, 11) is 0. The Morgan fingerprint density at radius 1 is 0.970 bits per heavy atom. The van der Waals surface area contributed by atoms with Crippen LogP contribution in [0.2, 0.25) is 0 Å². The highest BCUT2D eigenvalue weighted by Crippen LogP contribution is 2.30. The maximum absolute atomic E-state index is 13.5.